The van der Waals surface area contributed by atoms with Crippen molar-refractivity contribution in [3.8, 4) is 0 Å². The zero-order chi connectivity index (χ0) is 14.9. The number of amides is 1. The maximum Gasteiger partial charge on any atom is 0.258 e. The fourth-order valence-corrected chi connectivity index (χ4v) is 4.97. The van der Waals surface area contributed by atoms with Gasteiger partial charge in [-0.1, -0.05) is 11.6 Å². The first kappa shape index (κ1) is 15.6. The fourth-order valence-electron chi connectivity index (χ4n) is 1.98. The zero-order valence-corrected chi connectivity index (χ0v) is 13.1. The largest absolute Gasteiger partial charge is 0.320 e. The van der Waals surface area contributed by atoms with Crippen molar-refractivity contribution in [2.75, 3.05) is 24.3 Å². The minimum absolute atomic E-state index is 0.196. The molecule has 0 bridgehead atoms. The van der Waals surface area contributed by atoms with Crippen molar-refractivity contribution in [3.05, 3.63) is 34.6 Å². The average molecular weight is 338 g/mol. The van der Waals surface area contributed by atoms with Gasteiger partial charge < -0.3 is 4.90 Å². The highest BCUT2D eigenvalue weighted by Crippen LogP contribution is 2.24. The van der Waals surface area contributed by atoms with Crippen LogP contribution in [0.5, 0.6) is 0 Å². The molecule has 1 saturated heterocycles. The SMILES string of the molecule is CS(=O)(=O)C1CSCCN1C(=O)c1cc(Cl)ccc1F. The Hall–Kier alpha value is -0.790. The summed E-state index contributed by atoms with van der Waals surface area (Å²) in [6.45, 7) is 0.271. The molecule has 0 spiro atoms. The Labute approximate surface area is 126 Å². The van der Waals surface area contributed by atoms with Crippen LogP contribution < -0.4 is 0 Å². The number of hydrogen-bond acceptors (Lipinski definition) is 4. The normalized spacial score (nSPS) is 19.9. The third kappa shape index (κ3) is 3.27. The van der Waals surface area contributed by atoms with Gasteiger partial charge in [-0.05, 0) is 18.2 Å². The smallest absolute Gasteiger partial charge is 0.258 e. The summed E-state index contributed by atoms with van der Waals surface area (Å²) in [4.78, 5) is 13.6. The molecule has 1 aliphatic rings. The van der Waals surface area contributed by atoms with Crippen molar-refractivity contribution >= 4 is 39.1 Å². The molecule has 0 aromatic heterocycles. The first-order valence-electron chi connectivity index (χ1n) is 5.83. The molecule has 1 fully saturated rings. The minimum atomic E-state index is -3.42. The number of thioether (sulfide) groups is 1. The molecule has 0 aliphatic carbocycles. The summed E-state index contributed by atoms with van der Waals surface area (Å²) in [6.07, 6.45) is 1.08. The monoisotopic (exact) mass is 337 g/mol. The Morgan fingerprint density at radius 3 is 2.85 bits per heavy atom. The molecule has 0 saturated carbocycles. The Bertz CT molecular complexity index is 636. The van der Waals surface area contributed by atoms with Crippen molar-refractivity contribution in [3.63, 3.8) is 0 Å². The summed E-state index contributed by atoms with van der Waals surface area (Å²) in [7, 11) is -3.42. The number of hydrogen-bond donors (Lipinski definition) is 0. The lowest BCUT2D eigenvalue weighted by Gasteiger charge is -2.34. The number of sulfone groups is 1. The fraction of sp³-hybridized carbons (Fsp3) is 0.417. The van der Waals surface area contributed by atoms with Crippen LogP contribution in [0.4, 0.5) is 4.39 Å². The predicted molar refractivity (Wildman–Crippen MR) is 78.4 cm³/mol. The predicted octanol–water partition coefficient (Wildman–Crippen LogP) is 2.04. The molecule has 1 heterocycles. The summed E-state index contributed by atoms with van der Waals surface area (Å²) >= 11 is 7.23. The van der Waals surface area contributed by atoms with Gasteiger partial charge in [0, 0.05) is 29.3 Å². The van der Waals surface area contributed by atoms with Crippen LogP contribution >= 0.6 is 23.4 Å². The molecular formula is C12H13ClFNO3S2. The molecule has 4 nitrogen and oxygen atoms in total. The number of halogens is 2. The van der Waals surface area contributed by atoms with Gasteiger partial charge in [-0.3, -0.25) is 4.79 Å². The van der Waals surface area contributed by atoms with Gasteiger partial charge in [-0.15, -0.1) is 0 Å². The Kier molecular flexibility index (Phi) is 4.61. The van der Waals surface area contributed by atoms with Gasteiger partial charge in [-0.25, -0.2) is 12.8 Å². The van der Waals surface area contributed by atoms with Crippen molar-refractivity contribution < 1.29 is 17.6 Å². The molecule has 20 heavy (non-hydrogen) atoms. The molecule has 0 radical (unpaired) electrons. The lowest BCUT2D eigenvalue weighted by atomic mass is 10.2. The van der Waals surface area contributed by atoms with Gasteiger partial charge in [-0.2, -0.15) is 11.8 Å². The molecule has 1 unspecified atom stereocenters. The van der Waals surface area contributed by atoms with E-state index in [0.717, 1.165) is 12.3 Å². The van der Waals surface area contributed by atoms with Crippen LogP contribution in [0.1, 0.15) is 10.4 Å². The van der Waals surface area contributed by atoms with Crippen molar-refractivity contribution in [1.82, 2.24) is 4.90 Å². The van der Waals surface area contributed by atoms with E-state index in [1.54, 1.807) is 0 Å². The van der Waals surface area contributed by atoms with E-state index < -0.39 is 26.9 Å². The first-order chi connectivity index (χ1) is 9.30. The Morgan fingerprint density at radius 1 is 1.50 bits per heavy atom. The summed E-state index contributed by atoms with van der Waals surface area (Å²) < 4.78 is 37.3. The van der Waals surface area contributed by atoms with Gasteiger partial charge in [0.25, 0.3) is 5.91 Å². The number of rotatable bonds is 2. The molecular weight excluding hydrogens is 325 g/mol. The molecule has 1 aliphatic heterocycles. The van der Waals surface area contributed by atoms with Crippen LogP contribution in [0.25, 0.3) is 0 Å². The van der Waals surface area contributed by atoms with E-state index in [1.165, 1.54) is 28.8 Å². The van der Waals surface area contributed by atoms with Crippen molar-refractivity contribution in [1.29, 1.82) is 0 Å². The van der Waals surface area contributed by atoms with E-state index >= 15 is 0 Å². The van der Waals surface area contributed by atoms with Crippen LogP contribution in [-0.4, -0.2) is 48.9 Å². The van der Waals surface area contributed by atoms with E-state index in [9.17, 15) is 17.6 Å². The van der Waals surface area contributed by atoms with E-state index in [-0.39, 0.29) is 17.1 Å². The molecule has 1 amide bonds. The summed E-state index contributed by atoms with van der Waals surface area (Å²) in [5, 5.41) is -0.691. The summed E-state index contributed by atoms with van der Waals surface area (Å²) in [6, 6.07) is 3.66. The molecule has 1 atom stereocenters. The van der Waals surface area contributed by atoms with Crippen LogP contribution in [0.15, 0.2) is 18.2 Å². The molecule has 0 N–H and O–H groups in total. The number of carbonyl (C=O) groups excluding carboxylic acids is 1. The van der Waals surface area contributed by atoms with Crippen LogP contribution in [0.3, 0.4) is 0 Å². The second-order valence-corrected chi connectivity index (χ2v) is 8.27. The second-order valence-electron chi connectivity index (χ2n) is 4.48. The maximum atomic E-state index is 13.7. The lowest BCUT2D eigenvalue weighted by molar-refractivity contribution is 0.0745. The average Bonchev–Trinajstić information content (AvgIpc) is 2.40. The van der Waals surface area contributed by atoms with Crippen LogP contribution in [0, 0.1) is 5.82 Å². The maximum absolute atomic E-state index is 13.7. The van der Waals surface area contributed by atoms with Gasteiger partial charge in [0.1, 0.15) is 11.2 Å². The highest BCUT2D eigenvalue weighted by Gasteiger charge is 2.35. The van der Waals surface area contributed by atoms with E-state index in [0.29, 0.717) is 11.5 Å². The second kappa shape index (κ2) is 5.91. The van der Waals surface area contributed by atoms with Crippen LogP contribution in [-0.2, 0) is 9.84 Å². The van der Waals surface area contributed by atoms with Crippen molar-refractivity contribution in [2.45, 2.75) is 5.37 Å². The van der Waals surface area contributed by atoms with E-state index in [4.69, 9.17) is 11.6 Å². The number of benzene rings is 1. The third-order valence-electron chi connectivity index (χ3n) is 3.00. The Morgan fingerprint density at radius 2 is 2.20 bits per heavy atom. The quantitative estimate of drug-likeness (QED) is 0.828. The lowest BCUT2D eigenvalue weighted by Crippen LogP contribution is -2.50. The number of carbonyl (C=O) groups is 1. The highest BCUT2D eigenvalue weighted by atomic mass is 35.5. The zero-order valence-electron chi connectivity index (χ0n) is 10.7. The van der Waals surface area contributed by atoms with Gasteiger partial charge in [0.2, 0.25) is 0 Å². The number of nitrogens with zero attached hydrogens (tertiary/aromatic N) is 1. The summed E-state index contributed by atoms with van der Waals surface area (Å²) in [5.41, 5.74) is -0.196. The topological polar surface area (TPSA) is 54.5 Å². The molecule has 1 aromatic carbocycles. The standard InChI is InChI=1S/C12H13ClFNO3S2/c1-20(17,18)11-7-19-5-4-15(11)12(16)9-6-8(13)2-3-10(9)14/h2-3,6,11H,4-5,7H2,1H3. The minimum Gasteiger partial charge on any atom is -0.320 e. The Balaban J connectivity index is 2.37. The van der Waals surface area contributed by atoms with Crippen LogP contribution in [0.2, 0.25) is 5.02 Å². The molecule has 2 rings (SSSR count). The van der Waals surface area contributed by atoms with E-state index in [1.807, 2.05) is 0 Å². The van der Waals surface area contributed by atoms with E-state index in [2.05, 4.69) is 0 Å². The first-order valence-corrected chi connectivity index (χ1v) is 9.32. The van der Waals surface area contributed by atoms with Gasteiger partial charge in [0.05, 0.1) is 5.56 Å². The van der Waals surface area contributed by atoms with Gasteiger partial charge >= 0.3 is 0 Å². The summed E-state index contributed by atoms with van der Waals surface area (Å²) in [5.74, 6) is -0.419. The molecule has 8 heteroatoms. The van der Waals surface area contributed by atoms with Crippen molar-refractivity contribution in [2.24, 2.45) is 0 Å². The van der Waals surface area contributed by atoms with Gasteiger partial charge in [0.15, 0.2) is 9.84 Å². The molecule has 1 aromatic rings. The third-order valence-corrected chi connectivity index (χ3v) is 5.88. The highest BCUT2D eigenvalue weighted by molar-refractivity contribution is 8.00. The molecule has 110 valence electrons.